The van der Waals surface area contributed by atoms with E-state index in [1.165, 1.54) is 15.9 Å². The molecule has 0 aromatic heterocycles. The van der Waals surface area contributed by atoms with E-state index >= 15 is 0 Å². The van der Waals surface area contributed by atoms with E-state index in [1.807, 2.05) is 13.0 Å². The summed E-state index contributed by atoms with van der Waals surface area (Å²) in [6, 6.07) is 21.4. The third kappa shape index (κ3) is 2.95. The molecule has 0 spiro atoms. The Hall–Kier alpha value is -1.82. The minimum Gasteiger partial charge on any atom is -0.126 e. The Morgan fingerprint density at radius 2 is 1.42 bits per heavy atom. The maximum Gasteiger partial charge on any atom is 0.122 e. The molecule has 0 aliphatic heterocycles. The Kier molecular flexibility index (Phi) is 4.21. The molecule has 2 aromatic carbocycles. The van der Waals surface area contributed by atoms with Gasteiger partial charge in [-0.3, -0.25) is 0 Å². The van der Waals surface area contributed by atoms with Gasteiger partial charge >= 0.3 is 0 Å². The van der Waals surface area contributed by atoms with Crippen molar-refractivity contribution in [3.05, 3.63) is 78.0 Å². The molecule has 0 saturated carbocycles. The van der Waals surface area contributed by atoms with Gasteiger partial charge in [-0.25, -0.2) is 0 Å². The normalized spacial score (nSPS) is 10.7. The zero-order chi connectivity index (χ0) is 13.7. The lowest BCUT2D eigenvalue weighted by molar-refractivity contribution is 1.61. The summed E-state index contributed by atoms with van der Waals surface area (Å²) < 4.78 is 0. The van der Waals surface area contributed by atoms with E-state index in [2.05, 4.69) is 79.5 Å². The SMILES string of the molecule is CC=C=C(c1ccccc1)[Si](C)(C)c1ccccc1. The number of allylic oxidation sites excluding steroid dienone is 1. The van der Waals surface area contributed by atoms with Gasteiger partial charge in [-0.15, -0.1) is 5.73 Å². The molecule has 0 nitrogen and oxygen atoms in total. The molecule has 0 amide bonds. The smallest absolute Gasteiger partial charge is 0.122 e. The van der Waals surface area contributed by atoms with Crippen LogP contribution in [-0.2, 0) is 0 Å². The molecule has 96 valence electrons. The Bertz CT molecular complexity index is 588. The third-order valence-corrected chi connectivity index (χ3v) is 6.93. The van der Waals surface area contributed by atoms with E-state index in [0.717, 1.165) is 0 Å². The lowest BCUT2D eigenvalue weighted by Crippen LogP contribution is -2.42. The largest absolute Gasteiger partial charge is 0.126 e. The van der Waals surface area contributed by atoms with Crippen molar-refractivity contribution in [2.45, 2.75) is 20.0 Å². The molecule has 0 saturated heterocycles. The third-order valence-electron chi connectivity index (χ3n) is 3.47. The molecule has 0 heterocycles. The molecule has 0 aliphatic rings. The van der Waals surface area contributed by atoms with Gasteiger partial charge in [-0.2, -0.15) is 0 Å². The maximum atomic E-state index is 3.49. The average molecular weight is 264 g/mol. The van der Waals surface area contributed by atoms with Crippen molar-refractivity contribution in [1.82, 2.24) is 0 Å². The maximum absolute atomic E-state index is 3.49. The van der Waals surface area contributed by atoms with Crippen LogP contribution >= 0.6 is 0 Å². The van der Waals surface area contributed by atoms with Crippen molar-refractivity contribution >= 4 is 18.5 Å². The average Bonchev–Trinajstić information content (AvgIpc) is 2.46. The van der Waals surface area contributed by atoms with Crippen molar-refractivity contribution in [2.24, 2.45) is 0 Å². The van der Waals surface area contributed by atoms with Crippen LogP contribution < -0.4 is 5.19 Å². The van der Waals surface area contributed by atoms with Crippen molar-refractivity contribution < 1.29 is 0 Å². The highest BCUT2D eigenvalue weighted by molar-refractivity contribution is 7.04. The summed E-state index contributed by atoms with van der Waals surface area (Å²) in [5.74, 6) is 0. The number of hydrogen-bond acceptors (Lipinski definition) is 0. The van der Waals surface area contributed by atoms with E-state index in [1.54, 1.807) is 0 Å². The van der Waals surface area contributed by atoms with Gasteiger partial charge < -0.3 is 0 Å². The molecule has 0 unspecified atom stereocenters. The van der Waals surface area contributed by atoms with Crippen LogP contribution in [0.4, 0.5) is 0 Å². The highest BCUT2D eigenvalue weighted by Crippen LogP contribution is 2.24. The minimum absolute atomic E-state index is 1.29. The highest BCUT2D eigenvalue weighted by Gasteiger charge is 2.29. The molecular weight excluding hydrogens is 244 g/mol. The first-order chi connectivity index (χ1) is 9.16. The van der Waals surface area contributed by atoms with Gasteiger partial charge in [0.1, 0.15) is 8.07 Å². The summed E-state index contributed by atoms with van der Waals surface area (Å²) >= 11 is 0. The number of benzene rings is 2. The second-order valence-electron chi connectivity index (χ2n) is 5.17. The van der Waals surface area contributed by atoms with Gasteiger partial charge in [0.25, 0.3) is 0 Å². The van der Waals surface area contributed by atoms with E-state index in [-0.39, 0.29) is 0 Å². The van der Waals surface area contributed by atoms with Crippen molar-refractivity contribution in [3.8, 4) is 0 Å². The van der Waals surface area contributed by atoms with E-state index in [4.69, 9.17) is 0 Å². The zero-order valence-electron chi connectivity index (χ0n) is 11.9. The van der Waals surface area contributed by atoms with Crippen LogP contribution in [0, 0.1) is 0 Å². The first kappa shape index (κ1) is 13.6. The predicted octanol–water partition coefficient (Wildman–Crippen LogP) is 4.40. The van der Waals surface area contributed by atoms with E-state index in [9.17, 15) is 0 Å². The van der Waals surface area contributed by atoms with Gasteiger partial charge in [0.05, 0.1) is 0 Å². The molecule has 1 heteroatoms. The fourth-order valence-electron chi connectivity index (χ4n) is 2.37. The molecule has 0 atom stereocenters. The molecule has 0 fully saturated rings. The first-order valence-electron chi connectivity index (χ1n) is 6.69. The number of rotatable bonds is 3. The van der Waals surface area contributed by atoms with Gasteiger partial charge in [0.15, 0.2) is 0 Å². The van der Waals surface area contributed by atoms with Crippen molar-refractivity contribution in [3.63, 3.8) is 0 Å². The van der Waals surface area contributed by atoms with Crippen LogP contribution in [0.2, 0.25) is 13.1 Å². The molecule has 0 aliphatic carbocycles. The fourth-order valence-corrected chi connectivity index (χ4v) is 5.08. The van der Waals surface area contributed by atoms with Crippen LogP contribution in [0.25, 0.3) is 5.20 Å². The van der Waals surface area contributed by atoms with Crippen LogP contribution in [0.1, 0.15) is 12.5 Å². The standard InChI is InChI=1S/C18H20Si/c1-4-11-18(16-12-7-5-8-13-16)19(2,3)17-14-9-6-10-15-17/h4-10,12-15H,1-3H3. The molecule has 0 radical (unpaired) electrons. The Labute approximate surface area is 117 Å². The first-order valence-corrected chi connectivity index (χ1v) is 9.69. The van der Waals surface area contributed by atoms with Crippen molar-refractivity contribution in [2.75, 3.05) is 0 Å². The molecule has 2 aromatic rings. The van der Waals surface area contributed by atoms with Crippen LogP contribution in [0.15, 0.2) is 72.5 Å². The molecule has 0 bridgehead atoms. The van der Waals surface area contributed by atoms with Crippen molar-refractivity contribution in [1.29, 1.82) is 0 Å². The summed E-state index contributed by atoms with van der Waals surface area (Å²) in [5.41, 5.74) is 4.78. The molecule has 19 heavy (non-hydrogen) atoms. The predicted molar refractivity (Wildman–Crippen MR) is 87.2 cm³/mol. The summed E-state index contributed by atoms with van der Waals surface area (Å²) in [4.78, 5) is 0. The summed E-state index contributed by atoms with van der Waals surface area (Å²) in [7, 11) is -1.70. The summed E-state index contributed by atoms with van der Waals surface area (Å²) in [6.07, 6.45) is 2.03. The van der Waals surface area contributed by atoms with Crippen LogP contribution in [0.5, 0.6) is 0 Å². The lowest BCUT2D eigenvalue weighted by atomic mass is 10.2. The summed E-state index contributed by atoms with van der Waals surface area (Å²) in [6.45, 7) is 6.82. The summed E-state index contributed by atoms with van der Waals surface area (Å²) in [5, 5.41) is 2.81. The van der Waals surface area contributed by atoms with E-state index < -0.39 is 8.07 Å². The highest BCUT2D eigenvalue weighted by atomic mass is 28.3. The van der Waals surface area contributed by atoms with E-state index in [0.29, 0.717) is 0 Å². The Balaban J connectivity index is 2.56. The minimum atomic E-state index is -1.70. The van der Waals surface area contributed by atoms with Gasteiger partial charge in [0.2, 0.25) is 0 Å². The second-order valence-corrected chi connectivity index (χ2v) is 9.49. The topological polar surface area (TPSA) is 0 Å². The van der Waals surface area contributed by atoms with Crippen LogP contribution in [0.3, 0.4) is 0 Å². The monoisotopic (exact) mass is 264 g/mol. The second kappa shape index (κ2) is 5.88. The van der Waals surface area contributed by atoms with Gasteiger partial charge in [-0.05, 0) is 23.8 Å². The van der Waals surface area contributed by atoms with Gasteiger partial charge in [0, 0.05) is 0 Å². The zero-order valence-corrected chi connectivity index (χ0v) is 12.9. The van der Waals surface area contributed by atoms with Crippen LogP contribution in [-0.4, -0.2) is 8.07 Å². The fraction of sp³-hybridized carbons (Fsp3) is 0.167. The molecular formula is C18H20Si. The lowest BCUT2D eigenvalue weighted by Gasteiger charge is -2.25. The Morgan fingerprint density at radius 3 is 1.95 bits per heavy atom. The number of hydrogen-bond donors (Lipinski definition) is 0. The quantitative estimate of drug-likeness (QED) is 0.569. The Morgan fingerprint density at radius 1 is 0.895 bits per heavy atom. The van der Waals surface area contributed by atoms with Gasteiger partial charge in [-0.1, -0.05) is 78.9 Å². The molecule has 0 N–H and O–H groups in total. The molecule has 2 rings (SSSR count).